The van der Waals surface area contributed by atoms with Gasteiger partial charge in [0.25, 0.3) is 5.91 Å². The lowest BCUT2D eigenvalue weighted by Gasteiger charge is -2.14. The molecule has 2 N–H and O–H groups in total. The van der Waals surface area contributed by atoms with Crippen molar-refractivity contribution >= 4 is 23.2 Å². The van der Waals surface area contributed by atoms with Crippen molar-refractivity contribution in [3.8, 4) is 0 Å². The van der Waals surface area contributed by atoms with Gasteiger partial charge in [0, 0.05) is 23.5 Å². The highest BCUT2D eigenvalue weighted by Gasteiger charge is 2.15. The zero-order valence-corrected chi connectivity index (χ0v) is 11.9. The van der Waals surface area contributed by atoms with Gasteiger partial charge in [-0.2, -0.15) is 0 Å². The third kappa shape index (κ3) is 3.71. The van der Waals surface area contributed by atoms with E-state index in [1.54, 1.807) is 29.7 Å². The second kappa shape index (κ2) is 6.38. The Morgan fingerprint density at radius 3 is 2.85 bits per heavy atom. The molecule has 20 heavy (non-hydrogen) atoms. The Hall–Kier alpha value is -2.08. The minimum absolute atomic E-state index is 0.00525. The highest BCUT2D eigenvalue weighted by atomic mass is 32.1. The second-order valence-electron chi connectivity index (χ2n) is 4.57. The molecule has 2 aromatic rings. The monoisotopic (exact) mass is 292 g/mol. The van der Waals surface area contributed by atoms with Gasteiger partial charge in [-0.3, -0.25) is 9.59 Å². The van der Waals surface area contributed by atoms with Crippen LogP contribution < -0.4 is 5.32 Å². The Morgan fingerprint density at radius 1 is 1.40 bits per heavy atom. The van der Waals surface area contributed by atoms with Gasteiger partial charge in [-0.15, -0.1) is 11.3 Å². The highest BCUT2D eigenvalue weighted by Crippen LogP contribution is 2.11. The number of hydrogen-bond donors (Lipinski definition) is 2. The highest BCUT2D eigenvalue weighted by molar-refractivity contribution is 7.09. The van der Waals surface area contributed by atoms with Gasteiger partial charge in [0.15, 0.2) is 0 Å². The van der Waals surface area contributed by atoms with E-state index < -0.39 is 5.97 Å². The smallest absolute Gasteiger partial charge is 0.323 e. The van der Waals surface area contributed by atoms with Gasteiger partial charge in [-0.25, -0.2) is 0 Å². The van der Waals surface area contributed by atoms with E-state index in [1.807, 2.05) is 24.4 Å². The molecule has 0 fully saturated rings. The molecule has 106 valence electrons. The van der Waals surface area contributed by atoms with Crippen LogP contribution >= 0.6 is 11.3 Å². The Morgan fingerprint density at radius 2 is 2.20 bits per heavy atom. The average molecular weight is 292 g/mol. The van der Waals surface area contributed by atoms with Crippen molar-refractivity contribution in [2.45, 2.75) is 25.9 Å². The summed E-state index contributed by atoms with van der Waals surface area (Å²) in [5, 5.41) is 13.7. The van der Waals surface area contributed by atoms with Crippen LogP contribution in [0.15, 0.2) is 35.8 Å². The second-order valence-corrected chi connectivity index (χ2v) is 5.61. The summed E-state index contributed by atoms with van der Waals surface area (Å²) in [5.41, 5.74) is 0.366. The first-order valence-corrected chi connectivity index (χ1v) is 7.14. The predicted molar refractivity (Wildman–Crippen MR) is 77.0 cm³/mol. The first-order chi connectivity index (χ1) is 9.56. The van der Waals surface area contributed by atoms with Gasteiger partial charge in [-0.1, -0.05) is 6.07 Å². The molecular formula is C14H16N2O3S. The van der Waals surface area contributed by atoms with E-state index in [4.69, 9.17) is 5.11 Å². The fraction of sp³-hybridized carbons (Fsp3) is 0.286. The van der Waals surface area contributed by atoms with Crippen LogP contribution in [0, 0.1) is 0 Å². The molecule has 0 bridgehead atoms. The number of nitrogens with one attached hydrogen (secondary N) is 1. The SMILES string of the molecule is CC(Cc1cccs1)NC(=O)c1cccn1CC(=O)O. The number of thiophene rings is 1. The van der Waals surface area contributed by atoms with Crippen molar-refractivity contribution in [3.05, 3.63) is 46.4 Å². The number of carbonyl (C=O) groups excluding carboxylic acids is 1. The fourth-order valence-corrected chi connectivity index (χ4v) is 2.82. The zero-order chi connectivity index (χ0) is 14.5. The summed E-state index contributed by atoms with van der Waals surface area (Å²) in [7, 11) is 0. The molecule has 1 amide bonds. The number of carboxylic acids is 1. The number of carboxylic acid groups (broad SMARTS) is 1. The Labute approximate surface area is 120 Å². The lowest BCUT2D eigenvalue weighted by molar-refractivity contribution is -0.137. The zero-order valence-electron chi connectivity index (χ0n) is 11.1. The summed E-state index contributed by atoms with van der Waals surface area (Å²) in [6, 6.07) is 7.29. The number of nitrogens with zero attached hydrogens (tertiary/aromatic N) is 1. The lowest BCUT2D eigenvalue weighted by atomic mass is 10.2. The molecule has 6 heteroatoms. The maximum Gasteiger partial charge on any atom is 0.323 e. The predicted octanol–water partition coefficient (Wildman–Crippen LogP) is 2.00. The Kier molecular flexibility index (Phi) is 4.57. The van der Waals surface area contributed by atoms with Crippen LogP contribution in [0.2, 0.25) is 0 Å². The molecule has 0 aliphatic carbocycles. The minimum atomic E-state index is -0.970. The van der Waals surface area contributed by atoms with E-state index in [9.17, 15) is 9.59 Å². The van der Waals surface area contributed by atoms with Crippen LogP contribution in [0.1, 0.15) is 22.3 Å². The molecule has 2 aromatic heterocycles. The molecule has 0 aromatic carbocycles. The Bertz CT molecular complexity index is 589. The summed E-state index contributed by atoms with van der Waals surface area (Å²) >= 11 is 1.65. The molecule has 0 saturated carbocycles. The van der Waals surface area contributed by atoms with Crippen LogP contribution in [-0.4, -0.2) is 27.6 Å². The molecular weight excluding hydrogens is 276 g/mol. The maximum absolute atomic E-state index is 12.1. The third-order valence-corrected chi connectivity index (χ3v) is 3.73. The molecule has 0 aliphatic heterocycles. The van der Waals surface area contributed by atoms with Gasteiger partial charge >= 0.3 is 5.97 Å². The van der Waals surface area contributed by atoms with Crippen molar-refractivity contribution in [1.29, 1.82) is 0 Å². The van der Waals surface area contributed by atoms with E-state index in [2.05, 4.69) is 5.32 Å². The number of rotatable bonds is 6. The maximum atomic E-state index is 12.1. The van der Waals surface area contributed by atoms with Crippen LogP contribution in [0.3, 0.4) is 0 Å². The largest absolute Gasteiger partial charge is 0.480 e. The number of aliphatic carboxylic acids is 1. The van der Waals surface area contributed by atoms with Crippen LogP contribution in [0.4, 0.5) is 0 Å². The molecule has 0 radical (unpaired) electrons. The molecule has 2 rings (SSSR count). The van der Waals surface area contributed by atoms with Crippen LogP contribution in [-0.2, 0) is 17.8 Å². The lowest BCUT2D eigenvalue weighted by Crippen LogP contribution is -2.35. The van der Waals surface area contributed by atoms with Crippen molar-refractivity contribution in [1.82, 2.24) is 9.88 Å². The van der Waals surface area contributed by atoms with Crippen LogP contribution in [0.5, 0.6) is 0 Å². The van der Waals surface area contributed by atoms with Crippen molar-refractivity contribution in [3.63, 3.8) is 0 Å². The van der Waals surface area contributed by atoms with Crippen molar-refractivity contribution in [2.75, 3.05) is 0 Å². The van der Waals surface area contributed by atoms with E-state index in [-0.39, 0.29) is 18.5 Å². The number of carbonyl (C=O) groups is 2. The summed E-state index contributed by atoms with van der Waals surface area (Å²) in [6.45, 7) is 1.72. The molecule has 2 heterocycles. The molecule has 5 nitrogen and oxygen atoms in total. The third-order valence-electron chi connectivity index (χ3n) is 2.83. The van der Waals surface area contributed by atoms with Gasteiger partial charge < -0.3 is 15.0 Å². The quantitative estimate of drug-likeness (QED) is 0.855. The fourth-order valence-electron chi connectivity index (χ4n) is 1.98. The Balaban J connectivity index is 1.97. The first-order valence-electron chi connectivity index (χ1n) is 6.26. The van der Waals surface area contributed by atoms with Crippen molar-refractivity contribution in [2.24, 2.45) is 0 Å². The van der Waals surface area contributed by atoms with E-state index in [1.165, 1.54) is 9.44 Å². The summed E-state index contributed by atoms with van der Waals surface area (Å²) in [4.78, 5) is 24.1. The molecule has 0 saturated heterocycles. The van der Waals surface area contributed by atoms with E-state index in [0.29, 0.717) is 5.69 Å². The van der Waals surface area contributed by atoms with Gasteiger partial charge in [0.05, 0.1) is 0 Å². The normalized spacial score (nSPS) is 12.1. The number of hydrogen-bond acceptors (Lipinski definition) is 3. The summed E-state index contributed by atoms with van der Waals surface area (Å²) < 4.78 is 1.43. The standard InChI is InChI=1S/C14H16N2O3S/c1-10(8-11-4-3-7-20-11)15-14(19)12-5-2-6-16(12)9-13(17)18/h2-7,10H,8-9H2,1H3,(H,15,19)(H,17,18). The summed E-state index contributed by atoms with van der Waals surface area (Å²) in [6.07, 6.45) is 2.36. The number of aromatic nitrogens is 1. The topological polar surface area (TPSA) is 71.3 Å². The van der Waals surface area contributed by atoms with Crippen LogP contribution in [0.25, 0.3) is 0 Å². The summed E-state index contributed by atoms with van der Waals surface area (Å²) in [5.74, 6) is -1.22. The van der Waals surface area contributed by atoms with E-state index >= 15 is 0 Å². The van der Waals surface area contributed by atoms with Crippen molar-refractivity contribution < 1.29 is 14.7 Å². The van der Waals surface area contributed by atoms with Gasteiger partial charge in [-0.05, 0) is 30.5 Å². The molecule has 0 spiro atoms. The average Bonchev–Trinajstić information content (AvgIpc) is 2.99. The number of amides is 1. The minimum Gasteiger partial charge on any atom is -0.480 e. The molecule has 1 unspecified atom stereocenters. The molecule has 1 atom stereocenters. The first kappa shape index (κ1) is 14.3. The molecule has 0 aliphatic rings. The van der Waals surface area contributed by atoms with Gasteiger partial charge in [0.1, 0.15) is 12.2 Å². The van der Waals surface area contributed by atoms with E-state index in [0.717, 1.165) is 6.42 Å². The van der Waals surface area contributed by atoms with Gasteiger partial charge in [0.2, 0.25) is 0 Å².